The molecule has 0 radical (unpaired) electrons. The lowest BCUT2D eigenvalue weighted by Gasteiger charge is -2.00. The fourth-order valence-electron chi connectivity index (χ4n) is 2.22. The average molecular weight is 345 g/mol. The minimum atomic E-state index is -0.970. The number of hydrogen-bond acceptors (Lipinski definition) is 2. The molecule has 0 atom stereocenters. The molecule has 0 aliphatic heterocycles. The number of halogens is 1. The zero-order valence-electron chi connectivity index (χ0n) is 11.6. The number of aryl methyl sites for hydroxylation is 1. The third-order valence-electron chi connectivity index (χ3n) is 3.23. The first-order valence-corrected chi connectivity index (χ1v) is 7.03. The molecule has 4 nitrogen and oxygen atoms in total. The fourth-order valence-corrected chi connectivity index (χ4v) is 2.62. The minimum absolute atomic E-state index is 0.257. The second kappa shape index (κ2) is 5.98. The Labute approximate surface area is 130 Å². The molecule has 1 aromatic heterocycles. The van der Waals surface area contributed by atoms with Crippen LogP contribution in [0.15, 0.2) is 28.7 Å². The topological polar surface area (TPSA) is 76.9 Å². The number of hydrogen-bond donors (Lipinski definition) is 2. The van der Waals surface area contributed by atoms with E-state index < -0.39 is 5.97 Å². The lowest BCUT2D eigenvalue weighted by atomic mass is 10.0. The Balaban J connectivity index is 2.54. The number of aromatic carboxylic acids is 1. The summed E-state index contributed by atoms with van der Waals surface area (Å²) in [7, 11) is 0. The van der Waals surface area contributed by atoms with Gasteiger partial charge in [0.2, 0.25) is 0 Å². The first-order valence-electron chi connectivity index (χ1n) is 6.24. The van der Waals surface area contributed by atoms with Gasteiger partial charge in [0.05, 0.1) is 17.2 Å². The number of nitrogens with one attached hydrogen (secondary N) is 1. The number of H-pyrrole nitrogens is 1. The van der Waals surface area contributed by atoms with Crippen molar-refractivity contribution in [2.24, 2.45) is 0 Å². The predicted molar refractivity (Wildman–Crippen MR) is 84.9 cm³/mol. The van der Waals surface area contributed by atoms with Crippen LogP contribution in [0, 0.1) is 25.2 Å². The molecular weight excluding hydrogens is 332 g/mol. The van der Waals surface area contributed by atoms with Crippen molar-refractivity contribution in [1.82, 2.24) is 4.98 Å². The highest BCUT2D eigenvalue weighted by molar-refractivity contribution is 9.10. The Morgan fingerprint density at radius 2 is 2.14 bits per heavy atom. The van der Waals surface area contributed by atoms with Crippen molar-refractivity contribution < 1.29 is 9.90 Å². The molecule has 5 heteroatoms. The molecule has 0 aliphatic carbocycles. The van der Waals surface area contributed by atoms with E-state index in [1.165, 1.54) is 0 Å². The van der Waals surface area contributed by atoms with Crippen molar-refractivity contribution in [3.05, 3.63) is 56.8 Å². The van der Waals surface area contributed by atoms with E-state index in [9.17, 15) is 15.2 Å². The Hall–Kier alpha value is -2.32. The number of aromatic amines is 1. The van der Waals surface area contributed by atoms with Crippen molar-refractivity contribution in [2.45, 2.75) is 13.8 Å². The van der Waals surface area contributed by atoms with Crippen molar-refractivity contribution in [3.8, 4) is 6.07 Å². The number of carbonyl (C=O) groups is 1. The van der Waals surface area contributed by atoms with E-state index in [0.717, 1.165) is 10.0 Å². The molecule has 2 rings (SSSR count). The molecule has 2 N–H and O–H groups in total. The van der Waals surface area contributed by atoms with Gasteiger partial charge in [0, 0.05) is 15.9 Å². The number of rotatable bonds is 3. The first kappa shape index (κ1) is 15.1. The van der Waals surface area contributed by atoms with E-state index in [4.69, 9.17) is 0 Å². The molecule has 2 aromatic rings. The highest BCUT2D eigenvalue weighted by atomic mass is 79.9. The second-order valence-electron chi connectivity index (χ2n) is 4.65. The van der Waals surface area contributed by atoms with Crippen LogP contribution < -0.4 is 0 Å². The van der Waals surface area contributed by atoms with E-state index in [1.54, 1.807) is 19.9 Å². The number of carboxylic acids is 1. The van der Waals surface area contributed by atoms with Gasteiger partial charge in [-0.2, -0.15) is 5.26 Å². The smallest absolute Gasteiger partial charge is 0.337 e. The van der Waals surface area contributed by atoms with Crippen LogP contribution in [0.2, 0.25) is 0 Å². The summed E-state index contributed by atoms with van der Waals surface area (Å²) < 4.78 is 0.881. The standard InChI is InChI=1S/C16H13BrN2O2/c1-9-14(19-10(2)15(9)16(20)21)7-12(8-18)11-4-3-5-13(17)6-11/h3-7,19H,1-2H3,(H,20,21)/b12-7+. The third kappa shape index (κ3) is 3.06. The molecule has 0 bridgehead atoms. The zero-order valence-corrected chi connectivity index (χ0v) is 13.2. The lowest BCUT2D eigenvalue weighted by Crippen LogP contribution is -1.98. The van der Waals surface area contributed by atoms with Crippen LogP contribution in [-0.2, 0) is 0 Å². The molecule has 0 spiro atoms. The summed E-state index contributed by atoms with van der Waals surface area (Å²) in [5.74, 6) is -0.970. The molecular formula is C16H13BrN2O2. The van der Waals surface area contributed by atoms with Gasteiger partial charge in [-0.05, 0) is 43.2 Å². The van der Waals surface area contributed by atoms with Crippen molar-refractivity contribution in [3.63, 3.8) is 0 Å². The highest BCUT2D eigenvalue weighted by Crippen LogP contribution is 2.24. The maximum Gasteiger partial charge on any atom is 0.337 e. The van der Waals surface area contributed by atoms with Gasteiger partial charge < -0.3 is 10.1 Å². The quantitative estimate of drug-likeness (QED) is 0.820. The highest BCUT2D eigenvalue weighted by Gasteiger charge is 2.16. The van der Waals surface area contributed by atoms with E-state index in [1.807, 2.05) is 24.3 Å². The van der Waals surface area contributed by atoms with Gasteiger partial charge in [-0.25, -0.2) is 4.79 Å². The van der Waals surface area contributed by atoms with E-state index in [0.29, 0.717) is 22.5 Å². The monoisotopic (exact) mass is 344 g/mol. The summed E-state index contributed by atoms with van der Waals surface area (Å²) in [5.41, 5.74) is 3.35. The van der Waals surface area contributed by atoms with E-state index in [-0.39, 0.29) is 5.56 Å². The maximum absolute atomic E-state index is 11.2. The van der Waals surface area contributed by atoms with Crippen LogP contribution in [0.25, 0.3) is 11.6 Å². The number of benzene rings is 1. The third-order valence-corrected chi connectivity index (χ3v) is 3.73. The molecule has 0 aliphatic rings. The number of aromatic nitrogens is 1. The number of carboxylic acid groups (broad SMARTS) is 1. The molecule has 0 amide bonds. The Morgan fingerprint density at radius 3 is 2.67 bits per heavy atom. The molecule has 1 heterocycles. The fraction of sp³-hybridized carbons (Fsp3) is 0.125. The molecule has 0 saturated carbocycles. The van der Waals surface area contributed by atoms with Gasteiger partial charge in [0.15, 0.2) is 0 Å². The summed E-state index contributed by atoms with van der Waals surface area (Å²) in [6, 6.07) is 9.56. The molecule has 0 fully saturated rings. The number of nitriles is 1. The Morgan fingerprint density at radius 1 is 1.43 bits per heavy atom. The van der Waals surface area contributed by atoms with Crippen molar-refractivity contribution in [2.75, 3.05) is 0 Å². The summed E-state index contributed by atoms with van der Waals surface area (Å²) in [6.07, 6.45) is 1.68. The predicted octanol–water partition coefficient (Wildman–Crippen LogP) is 4.16. The van der Waals surface area contributed by atoms with Crippen molar-refractivity contribution in [1.29, 1.82) is 5.26 Å². The molecule has 106 valence electrons. The van der Waals surface area contributed by atoms with Crippen LogP contribution in [-0.4, -0.2) is 16.1 Å². The number of allylic oxidation sites excluding steroid dienone is 1. The number of nitrogens with zero attached hydrogens (tertiary/aromatic N) is 1. The molecule has 0 unspecified atom stereocenters. The van der Waals surface area contributed by atoms with Gasteiger partial charge in [-0.1, -0.05) is 28.1 Å². The Kier molecular flexibility index (Phi) is 4.29. The minimum Gasteiger partial charge on any atom is -0.478 e. The van der Waals surface area contributed by atoms with Crippen LogP contribution in [0.1, 0.15) is 32.9 Å². The summed E-state index contributed by atoms with van der Waals surface area (Å²) >= 11 is 3.37. The molecule has 0 saturated heterocycles. The summed E-state index contributed by atoms with van der Waals surface area (Å²) in [6.45, 7) is 3.44. The van der Waals surface area contributed by atoms with E-state index >= 15 is 0 Å². The van der Waals surface area contributed by atoms with Crippen LogP contribution in [0.4, 0.5) is 0 Å². The Bertz CT molecular complexity index is 782. The van der Waals surface area contributed by atoms with Gasteiger partial charge in [0.1, 0.15) is 0 Å². The van der Waals surface area contributed by atoms with Crippen LogP contribution >= 0.6 is 15.9 Å². The van der Waals surface area contributed by atoms with E-state index in [2.05, 4.69) is 27.0 Å². The van der Waals surface area contributed by atoms with Crippen molar-refractivity contribution >= 4 is 33.5 Å². The molecule has 21 heavy (non-hydrogen) atoms. The van der Waals surface area contributed by atoms with Gasteiger partial charge >= 0.3 is 5.97 Å². The van der Waals surface area contributed by atoms with Gasteiger partial charge in [-0.3, -0.25) is 0 Å². The second-order valence-corrected chi connectivity index (χ2v) is 5.56. The maximum atomic E-state index is 11.2. The molecule has 1 aromatic carbocycles. The van der Waals surface area contributed by atoms with Gasteiger partial charge in [-0.15, -0.1) is 0 Å². The normalized spacial score (nSPS) is 11.2. The largest absolute Gasteiger partial charge is 0.478 e. The van der Waals surface area contributed by atoms with Crippen LogP contribution in [0.3, 0.4) is 0 Å². The lowest BCUT2D eigenvalue weighted by molar-refractivity contribution is 0.0695. The zero-order chi connectivity index (χ0) is 15.6. The summed E-state index contributed by atoms with van der Waals surface area (Å²) in [5, 5.41) is 18.5. The summed E-state index contributed by atoms with van der Waals surface area (Å²) in [4.78, 5) is 14.2. The SMILES string of the molecule is Cc1[nH]c(/C=C(\C#N)c2cccc(Br)c2)c(C)c1C(=O)O. The first-order chi connectivity index (χ1) is 9.93. The van der Waals surface area contributed by atoms with Gasteiger partial charge in [0.25, 0.3) is 0 Å². The van der Waals surface area contributed by atoms with Crippen LogP contribution in [0.5, 0.6) is 0 Å². The average Bonchev–Trinajstić information content (AvgIpc) is 2.70.